The van der Waals surface area contributed by atoms with Gasteiger partial charge in [-0.05, 0) is 5.56 Å². The molecule has 1 amide bonds. The molecular weight excluding hydrogens is 296 g/mol. The Morgan fingerprint density at radius 1 is 1.24 bits per heavy atom. The summed E-state index contributed by atoms with van der Waals surface area (Å²) in [6.07, 6.45) is -0.673. The largest absolute Gasteiger partial charge is 0.467 e. The molecule has 0 aliphatic carbocycles. The second-order valence-corrected chi connectivity index (χ2v) is 4.15. The van der Waals surface area contributed by atoms with Gasteiger partial charge in [0.25, 0.3) is 0 Å². The number of anilines is 1. The fraction of sp³-hybridized carbons (Fsp3) is 0.231. The summed E-state index contributed by atoms with van der Waals surface area (Å²) in [5, 5.41) is 2.40. The Morgan fingerprint density at radius 2 is 2.00 bits per heavy atom. The van der Waals surface area contributed by atoms with Crippen molar-refractivity contribution < 1.29 is 14.3 Å². The molecule has 1 heterocycles. The second kappa shape index (κ2) is 7.39. The van der Waals surface area contributed by atoms with Gasteiger partial charge in [0.05, 0.1) is 13.0 Å². The molecule has 0 aliphatic rings. The Balaban J connectivity index is 1.96. The summed E-state index contributed by atoms with van der Waals surface area (Å²) >= 11 is 5.65. The average molecular weight is 309 g/mol. The number of carbonyl (C=O) groups excluding carboxylic acids is 1. The molecule has 1 aromatic carbocycles. The fourth-order valence-electron chi connectivity index (χ4n) is 1.46. The maximum absolute atomic E-state index is 11.7. The van der Waals surface area contributed by atoms with Gasteiger partial charge in [0.2, 0.25) is 5.95 Å². The highest BCUT2D eigenvalue weighted by atomic mass is 35.5. The molecular formula is C13H13ClN4O3. The topological polar surface area (TPSA) is 86.2 Å². The van der Waals surface area contributed by atoms with Gasteiger partial charge in [-0.1, -0.05) is 30.3 Å². The first-order valence-corrected chi connectivity index (χ1v) is 6.57. The van der Waals surface area contributed by atoms with Gasteiger partial charge >= 0.3 is 12.1 Å². The van der Waals surface area contributed by atoms with Crippen LogP contribution < -0.4 is 10.1 Å². The number of alkyl halides is 1. The molecule has 2 rings (SSSR count). The van der Waals surface area contributed by atoms with Crippen LogP contribution in [0.1, 0.15) is 11.4 Å². The minimum atomic E-state index is -0.673. The summed E-state index contributed by atoms with van der Waals surface area (Å²) in [6, 6.07) is 9.38. The summed E-state index contributed by atoms with van der Waals surface area (Å²) < 4.78 is 9.95. The van der Waals surface area contributed by atoms with Gasteiger partial charge in [-0.2, -0.15) is 15.0 Å². The van der Waals surface area contributed by atoms with E-state index < -0.39 is 6.09 Å². The van der Waals surface area contributed by atoms with Crippen LogP contribution >= 0.6 is 11.6 Å². The molecule has 0 saturated carbocycles. The van der Waals surface area contributed by atoms with Crippen LogP contribution in [0.2, 0.25) is 0 Å². The third-order valence-corrected chi connectivity index (χ3v) is 2.63. The first-order valence-electron chi connectivity index (χ1n) is 6.04. The zero-order valence-electron chi connectivity index (χ0n) is 11.2. The zero-order chi connectivity index (χ0) is 15.1. The maximum Gasteiger partial charge on any atom is 0.414 e. The van der Waals surface area contributed by atoms with Gasteiger partial charge < -0.3 is 9.47 Å². The molecule has 0 bridgehead atoms. The van der Waals surface area contributed by atoms with Crippen LogP contribution in [0.3, 0.4) is 0 Å². The molecule has 0 atom stereocenters. The number of halogens is 1. The molecule has 1 aromatic heterocycles. The van der Waals surface area contributed by atoms with E-state index in [-0.39, 0.29) is 24.4 Å². The van der Waals surface area contributed by atoms with Gasteiger partial charge in [-0.25, -0.2) is 4.79 Å². The molecule has 1 N–H and O–H groups in total. The van der Waals surface area contributed by atoms with Gasteiger partial charge in [-0.3, -0.25) is 5.32 Å². The Bertz CT molecular complexity index is 587. The Morgan fingerprint density at radius 3 is 2.67 bits per heavy atom. The first-order chi connectivity index (χ1) is 10.2. The highest BCUT2D eigenvalue weighted by Gasteiger charge is 2.10. The molecule has 110 valence electrons. The van der Waals surface area contributed by atoms with Gasteiger partial charge in [0.1, 0.15) is 6.61 Å². The normalized spacial score (nSPS) is 10.0. The number of nitrogens with zero attached hydrogens (tertiary/aromatic N) is 3. The number of carbonyl (C=O) groups is 1. The van der Waals surface area contributed by atoms with Crippen molar-refractivity contribution in [2.45, 2.75) is 12.5 Å². The van der Waals surface area contributed by atoms with Crippen molar-refractivity contribution >= 4 is 23.6 Å². The summed E-state index contributed by atoms with van der Waals surface area (Å²) in [6.45, 7) is 0.150. The Kier molecular flexibility index (Phi) is 5.28. The molecule has 2 aromatic rings. The van der Waals surface area contributed by atoms with E-state index in [0.29, 0.717) is 5.82 Å². The number of methoxy groups -OCH3 is 1. The number of hydrogen-bond acceptors (Lipinski definition) is 6. The Hall–Kier alpha value is -2.41. The Labute approximate surface area is 126 Å². The van der Waals surface area contributed by atoms with Gasteiger partial charge in [-0.15, -0.1) is 11.6 Å². The van der Waals surface area contributed by atoms with E-state index in [1.165, 1.54) is 7.11 Å². The first kappa shape index (κ1) is 15.0. The van der Waals surface area contributed by atoms with E-state index in [1.54, 1.807) is 0 Å². The number of aromatic nitrogens is 3. The standard InChI is InChI=1S/C13H13ClN4O3/c1-20-12-16-10(7-14)15-11(17-12)18-13(19)21-8-9-5-3-2-4-6-9/h2-6H,7-8H2,1H3,(H,15,16,17,18,19). The lowest BCUT2D eigenvalue weighted by atomic mass is 10.2. The van der Waals surface area contributed by atoms with Crippen molar-refractivity contribution in [1.82, 2.24) is 15.0 Å². The second-order valence-electron chi connectivity index (χ2n) is 3.88. The highest BCUT2D eigenvalue weighted by molar-refractivity contribution is 6.16. The molecule has 0 unspecified atom stereocenters. The number of benzene rings is 1. The molecule has 0 radical (unpaired) electrons. The van der Waals surface area contributed by atoms with E-state index in [9.17, 15) is 4.79 Å². The predicted molar refractivity (Wildman–Crippen MR) is 76.2 cm³/mol. The van der Waals surface area contributed by atoms with Gasteiger partial charge in [0, 0.05) is 0 Å². The van der Waals surface area contributed by atoms with E-state index in [2.05, 4.69) is 20.3 Å². The van der Waals surface area contributed by atoms with Crippen molar-refractivity contribution in [2.75, 3.05) is 12.4 Å². The molecule has 21 heavy (non-hydrogen) atoms. The van der Waals surface area contributed by atoms with Crippen LogP contribution in [-0.4, -0.2) is 28.2 Å². The number of amides is 1. The number of ether oxygens (including phenoxy) is 2. The third kappa shape index (κ3) is 4.57. The lowest BCUT2D eigenvalue weighted by Crippen LogP contribution is -2.17. The predicted octanol–water partition coefficient (Wildman–Crippen LogP) is 2.37. The van der Waals surface area contributed by atoms with Crippen molar-refractivity contribution in [2.24, 2.45) is 0 Å². The van der Waals surface area contributed by atoms with Crippen LogP contribution in [0, 0.1) is 0 Å². The van der Waals surface area contributed by atoms with E-state index in [1.807, 2.05) is 30.3 Å². The van der Waals surface area contributed by atoms with Crippen molar-refractivity contribution in [3.8, 4) is 6.01 Å². The van der Waals surface area contributed by atoms with Crippen molar-refractivity contribution in [3.05, 3.63) is 41.7 Å². The van der Waals surface area contributed by atoms with E-state index in [0.717, 1.165) is 5.56 Å². The highest BCUT2D eigenvalue weighted by Crippen LogP contribution is 2.09. The van der Waals surface area contributed by atoms with Crippen LogP contribution in [0.5, 0.6) is 6.01 Å². The van der Waals surface area contributed by atoms with Crippen molar-refractivity contribution in [3.63, 3.8) is 0 Å². The van der Waals surface area contributed by atoms with E-state index >= 15 is 0 Å². The molecule has 0 aliphatic heterocycles. The smallest absolute Gasteiger partial charge is 0.414 e. The fourth-order valence-corrected chi connectivity index (χ4v) is 1.58. The summed E-state index contributed by atoms with van der Waals surface area (Å²) in [7, 11) is 1.41. The minimum Gasteiger partial charge on any atom is -0.467 e. The number of rotatable bonds is 5. The van der Waals surface area contributed by atoms with Crippen LogP contribution in [-0.2, 0) is 17.2 Å². The van der Waals surface area contributed by atoms with Crippen LogP contribution in [0.25, 0.3) is 0 Å². The molecule has 0 saturated heterocycles. The number of nitrogens with one attached hydrogen (secondary N) is 1. The minimum absolute atomic E-state index is 0.0237. The van der Waals surface area contributed by atoms with E-state index in [4.69, 9.17) is 21.1 Å². The van der Waals surface area contributed by atoms with Crippen molar-refractivity contribution in [1.29, 1.82) is 0 Å². The summed E-state index contributed by atoms with van der Waals surface area (Å²) in [4.78, 5) is 23.4. The zero-order valence-corrected chi connectivity index (χ0v) is 12.0. The molecule has 8 heteroatoms. The van der Waals surface area contributed by atoms with Crippen LogP contribution in [0.4, 0.5) is 10.7 Å². The molecule has 0 fully saturated rings. The average Bonchev–Trinajstić information content (AvgIpc) is 2.53. The van der Waals surface area contributed by atoms with Gasteiger partial charge in [0.15, 0.2) is 5.82 Å². The quantitative estimate of drug-likeness (QED) is 0.853. The number of hydrogen-bond donors (Lipinski definition) is 1. The molecule has 7 nitrogen and oxygen atoms in total. The summed E-state index contributed by atoms with van der Waals surface area (Å²) in [5.41, 5.74) is 0.877. The maximum atomic E-state index is 11.7. The lowest BCUT2D eigenvalue weighted by molar-refractivity contribution is 0.155. The van der Waals surface area contributed by atoms with Crippen LogP contribution in [0.15, 0.2) is 30.3 Å². The monoisotopic (exact) mass is 308 g/mol. The summed E-state index contributed by atoms with van der Waals surface area (Å²) in [5.74, 6) is 0.393. The molecule has 0 spiro atoms. The SMILES string of the molecule is COc1nc(CCl)nc(NC(=O)OCc2ccccc2)n1. The third-order valence-electron chi connectivity index (χ3n) is 2.39. The lowest BCUT2D eigenvalue weighted by Gasteiger charge is -2.07.